The van der Waals surface area contributed by atoms with Gasteiger partial charge in [0.05, 0.1) is 5.38 Å². The molecule has 1 aromatic rings. The molecule has 0 saturated heterocycles. The third-order valence-corrected chi connectivity index (χ3v) is 5.09. The second-order valence-corrected chi connectivity index (χ2v) is 6.66. The SMILES string of the molecule is O=C1NCCCc2ccc(C(Cl)CC3CCCC3)cc21. The highest BCUT2D eigenvalue weighted by molar-refractivity contribution is 6.20. The number of amides is 1. The van der Waals surface area contributed by atoms with Crippen LogP contribution in [0.5, 0.6) is 0 Å². The Hall–Kier alpha value is -1.02. The van der Waals surface area contributed by atoms with E-state index >= 15 is 0 Å². The fraction of sp³-hybridized carbons (Fsp3) is 0.588. The van der Waals surface area contributed by atoms with Crippen molar-refractivity contribution in [2.45, 2.75) is 50.3 Å². The molecule has 0 bridgehead atoms. The minimum atomic E-state index is 0.0412. The van der Waals surface area contributed by atoms with Crippen molar-refractivity contribution < 1.29 is 4.79 Å². The summed E-state index contributed by atoms with van der Waals surface area (Å²) in [5.41, 5.74) is 3.10. The van der Waals surface area contributed by atoms with Gasteiger partial charge in [0.1, 0.15) is 0 Å². The number of carbonyl (C=O) groups excluding carboxylic acids is 1. The smallest absolute Gasteiger partial charge is 0.251 e. The van der Waals surface area contributed by atoms with Gasteiger partial charge in [-0.15, -0.1) is 11.6 Å². The van der Waals surface area contributed by atoms with Crippen molar-refractivity contribution in [2.75, 3.05) is 6.54 Å². The van der Waals surface area contributed by atoms with Gasteiger partial charge in [0.25, 0.3) is 5.91 Å². The predicted molar refractivity (Wildman–Crippen MR) is 82.3 cm³/mol. The van der Waals surface area contributed by atoms with E-state index in [-0.39, 0.29) is 11.3 Å². The van der Waals surface area contributed by atoms with Crippen LogP contribution in [0.1, 0.15) is 65.4 Å². The lowest BCUT2D eigenvalue weighted by molar-refractivity contribution is 0.0956. The molecule has 1 fully saturated rings. The molecular weight excluding hydrogens is 270 g/mol. The Kier molecular flexibility index (Phi) is 4.30. The van der Waals surface area contributed by atoms with Crippen molar-refractivity contribution in [1.82, 2.24) is 5.32 Å². The van der Waals surface area contributed by atoms with Gasteiger partial charge in [-0.25, -0.2) is 0 Å². The van der Waals surface area contributed by atoms with E-state index in [9.17, 15) is 4.79 Å². The molecule has 1 N–H and O–H groups in total. The Morgan fingerprint density at radius 1 is 1.25 bits per heavy atom. The summed E-state index contributed by atoms with van der Waals surface area (Å²) in [5.74, 6) is 0.828. The van der Waals surface area contributed by atoms with Crippen LogP contribution in [0, 0.1) is 5.92 Å². The number of halogens is 1. The first kappa shape index (κ1) is 13.9. The highest BCUT2D eigenvalue weighted by atomic mass is 35.5. The van der Waals surface area contributed by atoms with Gasteiger partial charge in [-0.3, -0.25) is 4.79 Å². The summed E-state index contributed by atoms with van der Waals surface area (Å²) >= 11 is 6.59. The lowest BCUT2D eigenvalue weighted by Crippen LogP contribution is -2.22. The van der Waals surface area contributed by atoms with Gasteiger partial charge in [-0.05, 0) is 42.4 Å². The number of carbonyl (C=O) groups is 1. The summed E-state index contributed by atoms with van der Waals surface area (Å²) < 4.78 is 0. The summed E-state index contributed by atoms with van der Waals surface area (Å²) in [4.78, 5) is 12.1. The van der Waals surface area contributed by atoms with Crippen LogP contribution in [-0.4, -0.2) is 12.5 Å². The third-order valence-electron chi connectivity index (χ3n) is 4.66. The molecule has 1 aliphatic carbocycles. The topological polar surface area (TPSA) is 29.1 Å². The summed E-state index contributed by atoms with van der Waals surface area (Å²) in [5, 5.41) is 3.00. The number of rotatable bonds is 3. The number of aryl methyl sites for hydroxylation is 1. The molecule has 108 valence electrons. The minimum absolute atomic E-state index is 0.0412. The lowest BCUT2D eigenvalue weighted by Gasteiger charge is -2.16. The van der Waals surface area contributed by atoms with Crippen molar-refractivity contribution in [3.63, 3.8) is 0 Å². The molecule has 1 aliphatic heterocycles. The Balaban J connectivity index is 1.78. The molecule has 1 unspecified atom stereocenters. The quantitative estimate of drug-likeness (QED) is 0.830. The zero-order chi connectivity index (χ0) is 13.9. The monoisotopic (exact) mass is 291 g/mol. The molecule has 0 radical (unpaired) electrons. The van der Waals surface area contributed by atoms with Crippen LogP contribution < -0.4 is 5.32 Å². The second kappa shape index (κ2) is 6.17. The Morgan fingerprint density at radius 3 is 2.85 bits per heavy atom. The number of benzene rings is 1. The van der Waals surface area contributed by atoms with Gasteiger partial charge in [0.15, 0.2) is 0 Å². The molecule has 0 aromatic heterocycles. The van der Waals surface area contributed by atoms with E-state index in [1.54, 1.807) is 0 Å². The highest BCUT2D eigenvalue weighted by Gasteiger charge is 2.22. The number of fused-ring (bicyclic) bond motifs is 1. The van der Waals surface area contributed by atoms with Crippen LogP contribution in [0.3, 0.4) is 0 Å². The van der Waals surface area contributed by atoms with Gasteiger partial charge in [-0.1, -0.05) is 37.8 Å². The fourth-order valence-electron chi connectivity index (χ4n) is 3.47. The first-order chi connectivity index (χ1) is 9.74. The van der Waals surface area contributed by atoms with Crippen LogP contribution >= 0.6 is 11.6 Å². The zero-order valence-corrected chi connectivity index (χ0v) is 12.6. The normalized spacial score (nSPS) is 21.1. The van der Waals surface area contributed by atoms with Crippen molar-refractivity contribution in [3.8, 4) is 0 Å². The first-order valence-corrected chi connectivity index (χ1v) is 8.23. The van der Waals surface area contributed by atoms with Gasteiger partial charge in [0.2, 0.25) is 0 Å². The maximum atomic E-state index is 12.1. The standard InChI is InChI=1S/C17H22ClNO/c18-16(10-12-4-1-2-5-12)14-8-7-13-6-3-9-19-17(20)15(13)11-14/h7-8,11-12,16H,1-6,9-10H2,(H,19,20). The average Bonchev–Trinajstić information content (AvgIpc) is 2.89. The van der Waals surface area contributed by atoms with Crippen molar-refractivity contribution >= 4 is 17.5 Å². The number of hydrogen-bond acceptors (Lipinski definition) is 1. The first-order valence-electron chi connectivity index (χ1n) is 7.79. The lowest BCUT2D eigenvalue weighted by atomic mass is 9.94. The van der Waals surface area contributed by atoms with Crippen LogP contribution in [-0.2, 0) is 6.42 Å². The van der Waals surface area contributed by atoms with Gasteiger partial charge >= 0.3 is 0 Å². The molecule has 1 aromatic carbocycles. The third kappa shape index (κ3) is 3.01. The van der Waals surface area contributed by atoms with Gasteiger partial charge < -0.3 is 5.32 Å². The van der Waals surface area contributed by atoms with Crippen molar-refractivity contribution in [2.24, 2.45) is 5.92 Å². The largest absolute Gasteiger partial charge is 0.352 e. The molecule has 1 saturated carbocycles. The Labute approximate surface area is 125 Å². The molecule has 0 spiro atoms. The summed E-state index contributed by atoms with van der Waals surface area (Å²) in [6.45, 7) is 0.773. The van der Waals surface area contributed by atoms with Crippen LogP contribution in [0.2, 0.25) is 0 Å². The maximum Gasteiger partial charge on any atom is 0.251 e. The highest BCUT2D eigenvalue weighted by Crippen LogP contribution is 2.36. The minimum Gasteiger partial charge on any atom is -0.352 e. The molecular formula is C17H22ClNO. The van der Waals surface area contributed by atoms with Crippen molar-refractivity contribution in [3.05, 3.63) is 34.9 Å². The number of alkyl halides is 1. The average molecular weight is 292 g/mol. The summed E-state index contributed by atoms with van der Waals surface area (Å²) in [6.07, 6.45) is 8.36. The summed E-state index contributed by atoms with van der Waals surface area (Å²) in [7, 11) is 0. The van der Waals surface area contributed by atoms with Gasteiger partial charge in [-0.2, -0.15) is 0 Å². The molecule has 2 aliphatic rings. The van der Waals surface area contributed by atoms with Crippen molar-refractivity contribution in [1.29, 1.82) is 0 Å². The molecule has 2 nitrogen and oxygen atoms in total. The van der Waals surface area contributed by atoms with E-state index in [0.717, 1.165) is 48.4 Å². The van der Waals surface area contributed by atoms with E-state index in [1.807, 2.05) is 6.07 Å². The molecule has 20 heavy (non-hydrogen) atoms. The second-order valence-electron chi connectivity index (χ2n) is 6.13. The number of hydrogen-bond donors (Lipinski definition) is 1. The van der Waals surface area contributed by atoms with E-state index in [0.29, 0.717) is 0 Å². The molecule has 1 amide bonds. The summed E-state index contributed by atoms with van der Waals surface area (Å²) in [6, 6.07) is 6.23. The molecule has 3 heteroatoms. The maximum absolute atomic E-state index is 12.1. The fourth-order valence-corrected chi connectivity index (χ4v) is 3.86. The van der Waals surface area contributed by atoms with E-state index in [4.69, 9.17) is 11.6 Å². The Morgan fingerprint density at radius 2 is 2.05 bits per heavy atom. The number of nitrogens with one attached hydrogen (secondary N) is 1. The van der Waals surface area contributed by atoms with E-state index in [1.165, 1.54) is 25.7 Å². The predicted octanol–water partition coefficient (Wildman–Crippen LogP) is 4.22. The molecule has 1 atom stereocenters. The zero-order valence-electron chi connectivity index (χ0n) is 11.8. The van der Waals surface area contributed by atoms with Gasteiger partial charge in [0, 0.05) is 12.1 Å². The van der Waals surface area contributed by atoms with E-state index < -0.39 is 0 Å². The molecule has 1 heterocycles. The van der Waals surface area contributed by atoms with Crippen LogP contribution in [0.15, 0.2) is 18.2 Å². The Bertz CT molecular complexity index is 494. The molecule has 3 rings (SSSR count). The van der Waals surface area contributed by atoms with Crippen LogP contribution in [0.25, 0.3) is 0 Å². The van der Waals surface area contributed by atoms with E-state index in [2.05, 4.69) is 17.4 Å². The van der Waals surface area contributed by atoms with Crippen LogP contribution in [0.4, 0.5) is 0 Å².